The highest BCUT2D eigenvalue weighted by molar-refractivity contribution is 6.31. The van der Waals surface area contributed by atoms with Crippen LogP contribution in [0.15, 0.2) is 30.6 Å². The molecule has 0 aliphatic carbocycles. The average molecular weight is 375 g/mol. The molecule has 8 heteroatoms. The number of rotatable bonds is 4. The highest BCUT2D eigenvalue weighted by atomic mass is 35.5. The zero-order chi connectivity index (χ0) is 18.1. The van der Waals surface area contributed by atoms with Crippen LogP contribution in [0, 0.1) is 5.82 Å². The Balaban J connectivity index is 1.86. The van der Waals surface area contributed by atoms with E-state index in [1.54, 1.807) is 6.07 Å². The van der Waals surface area contributed by atoms with Crippen molar-refractivity contribution < 1.29 is 13.9 Å². The van der Waals surface area contributed by atoms with Gasteiger partial charge in [0.05, 0.1) is 21.6 Å². The van der Waals surface area contributed by atoms with Gasteiger partial charge >= 0.3 is 0 Å². The summed E-state index contributed by atoms with van der Waals surface area (Å²) in [4.78, 5) is 8.68. The van der Waals surface area contributed by atoms with Gasteiger partial charge in [-0.2, -0.15) is 0 Å². The quantitative estimate of drug-likeness (QED) is 0.706. The molecule has 0 saturated carbocycles. The van der Waals surface area contributed by atoms with Gasteiger partial charge in [-0.15, -0.1) is 0 Å². The predicted octanol–water partition coefficient (Wildman–Crippen LogP) is 4.37. The van der Waals surface area contributed by atoms with Gasteiger partial charge in [-0.3, -0.25) is 0 Å². The fourth-order valence-corrected chi connectivity index (χ4v) is 3.05. The molecule has 4 rings (SSSR count). The third kappa shape index (κ3) is 2.94. The van der Waals surface area contributed by atoms with E-state index in [1.165, 1.54) is 18.5 Å². The Labute approximate surface area is 154 Å². The largest absolute Gasteiger partial charge is 0.485 e. The number of benzene rings is 2. The van der Waals surface area contributed by atoms with E-state index >= 15 is 0 Å². The van der Waals surface area contributed by atoms with E-state index < -0.39 is 5.82 Å². The van der Waals surface area contributed by atoms with Gasteiger partial charge in [0.2, 0.25) is 0 Å². The van der Waals surface area contributed by atoms with E-state index in [4.69, 9.17) is 21.1 Å². The molecule has 1 aromatic heterocycles. The number of hydrogen-bond acceptors (Lipinski definition) is 6. The second-order valence-corrected chi connectivity index (χ2v) is 6.09. The lowest BCUT2D eigenvalue weighted by Crippen LogP contribution is -2.17. The Kier molecular flexibility index (Phi) is 4.38. The van der Waals surface area contributed by atoms with Crippen molar-refractivity contribution in [2.24, 2.45) is 0 Å². The minimum absolute atomic E-state index is 0.0319. The van der Waals surface area contributed by atoms with Crippen LogP contribution in [-0.4, -0.2) is 29.7 Å². The number of aromatic nitrogens is 2. The van der Waals surface area contributed by atoms with Crippen molar-refractivity contribution in [2.45, 2.75) is 6.92 Å². The summed E-state index contributed by atoms with van der Waals surface area (Å²) in [6.45, 7) is 3.66. The van der Waals surface area contributed by atoms with Crippen molar-refractivity contribution in [1.29, 1.82) is 0 Å². The van der Waals surface area contributed by atoms with E-state index in [0.717, 1.165) is 12.2 Å². The van der Waals surface area contributed by atoms with Crippen LogP contribution in [-0.2, 0) is 0 Å². The Hall–Kier alpha value is -2.80. The van der Waals surface area contributed by atoms with Crippen molar-refractivity contribution >= 4 is 39.7 Å². The average Bonchev–Trinajstić information content (AvgIpc) is 2.65. The maximum Gasteiger partial charge on any atom is 0.185 e. The summed E-state index contributed by atoms with van der Waals surface area (Å²) in [5, 5.41) is 7.15. The van der Waals surface area contributed by atoms with Crippen LogP contribution >= 0.6 is 11.6 Å². The van der Waals surface area contributed by atoms with E-state index in [2.05, 4.69) is 20.6 Å². The molecule has 2 heterocycles. The van der Waals surface area contributed by atoms with Crippen LogP contribution in [0.2, 0.25) is 5.02 Å². The first-order chi connectivity index (χ1) is 12.7. The molecule has 0 unspecified atom stereocenters. The molecule has 26 heavy (non-hydrogen) atoms. The molecule has 0 amide bonds. The Morgan fingerprint density at radius 1 is 1.15 bits per heavy atom. The maximum absolute atomic E-state index is 13.4. The van der Waals surface area contributed by atoms with Crippen molar-refractivity contribution in [3.05, 3.63) is 41.4 Å². The fraction of sp³-hybridized carbons (Fsp3) is 0.222. The molecule has 3 aromatic rings. The smallest absolute Gasteiger partial charge is 0.185 e. The first-order valence-electron chi connectivity index (χ1n) is 8.20. The number of halogens is 2. The van der Waals surface area contributed by atoms with E-state index in [0.29, 0.717) is 47.1 Å². The van der Waals surface area contributed by atoms with Crippen LogP contribution in [0.25, 0.3) is 10.9 Å². The Bertz CT molecular complexity index is 983. The summed E-state index contributed by atoms with van der Waals surface area (Å²) in [5.41, 5.74) is 2.14. The van der Waals surface area contributed by atoms with Crippen molar-refractivity contribution in [3.8, 4) is 11.5 Å². The van der Waals surface area contributed by atoms with Gasteiger partial charge in [0.15, 0.2) is 11.5 Å². The lowest BCUT2D eigenvalue weighted by molar-refractivity contribution is 0.175. The molecule has 0 bridgehead atoms. The van der Waals surface area contributed by atoms with Gasteiger partial charge in [0, 0.05) is 12.2 Å². The maximum atomic E-state index is 13.4. The van der Waals surface area contributed by atoms with Crippen LogP contribution < -0.4 is 20.1 Å². The van der Waals surface area contributed by atoms with Crippen molar-refractivity contribution in [3.63, 3.8) is 0 Å². The molecular formula is C18H16ClFN4O2. The van der Waals surface area contributed by atoms with Crippen LogP contribution in [0.3, 0.4) is 0 Å². The van der Waals surface area contributed by atoms with Gasteiger partial charge in [0.25, 0.3) is 0 Å². The number of nitrogens with one attached hydrogen (secondary N) is 2. The van der Waals surface area contributed by atoms with Crippen molar-refractivity contribution in [2.75, 3.05) is 30.4 Å². The molecule has 6 nitrogen and oxygen atoms in total. The van der Waals surface area contributed by atoms with Crippen LogP contribution in [0.5, 0.6) is 11.5 Å². The molecule has 0 saturated heterocycles. The molecule has 2 aromatic carbocycles. The number of hydrogen-bond donors (Lipinski definition) is 2. The first kappa shape index (κ1) is 16.7. The monoisotopic (exact) mass is 374 g/mol. The summed E-state index contributed by atoms with van der Waals surface area (Å²) < 4.78 is 25.1. The zero-order valence-electron chi connectivity index (χ0n) is 14.0. The highest BCUT2D eigenvalue weighted by Gasteiger charge is 2.23. The fourth-order valence-electron chi connectivity index (χ4n) is 2.87. The number of fused-ring (bicyclic) bond motifs is 3. The standard InChI is InChI=1S/C18H16ClFN4O2/c1-2-21-14-8-13-15(17-16(14)25-5-6-26-17)18(23-9-22-13)24-10-3-4-12(20)11(19)7-10/h3-4,7-9,21H,2,5-6H2,1H3,(H,22,23,24). The minimum Gasteiger partial charge on any atom is -0.485 e. The summed E-state index contributed by atoms with van der Waals surface area (Å²) in [6.07, 6.45) is 1.46. The molecule has 0 atom stereocenters. The van der Waals surface area contributed by atoms with Crippen LogP contribution in [0.4, 0.5) is 21.6 Å². The SMILES string of the molecule is CCNc1cc2ncnc(Nc3ccc(F)c(Cl)c3)c2c2c1OCCO2. The number of ether oxygens (including phenoxy) is 2. The second kappa shape index (κ2) is 6.84. The highest BCUT2D eigenvalue weighted by Crippen LogP contribution is 2.45. The Morgan fingerprint density at radius 2 is 1.96 bits per heavy atom. The minimum atomic E-state index is -0.478. The molecule has 0 radical (unpaired) electrons. The molecule has 1 aliphatic heterocycles. The lowest BCUT2D eigenvalue weighted by Gasteiger charge is -2.23. The molecule has 2 N–H and O–H groups in total. The lowest BCUT2D eigenvalue weighted by atomic mass is 10.1. The third-order valence-corrected chi connectivity index (χ3v) is 4.25. The Morgan fingerprint density at radius 3 is 2.73 bits per heavy atom. The van der Waals surface area contributed by atoms with Crippen molar-refractivity contribution in [1.82, 2.24) is 9.97 Å². The normalized spacial score (nSPS) is 12.9. The molecular weight excluding hydrogens is 359 g/mol. The second-order valence-electron chi connectivity index (χ2n) is 5.68. The van der Waals surface area contributed by atoms with Gasteiger partial charge < -0.3 is 20.1 Å². The van der Waals surface area contributed by atoms with Gasteiger partial charge in [-0.1, -0.05) is 11.6 Å². The van der Waals surface area contributed by atoms with E-state index in [-0.39, 0.29) is 5.02 Å². The van der Waals surface area contributed by atoms with E-state index in [9.17, 15) is 4.39 Å². The molecule has 0 spiro atoms. The third-order valence-electron chi connectivity index (χ3n) is 3.96. The molecule has 0 fully saturated rings. The summed E-state index contributed by atoms with van der Waals surface area (Å²) in [5.74, 6) is 1.28. The summed E-state index contributed by atoms with van der Waals surface area (Å²) >= 11 is 5.87. The molecule has 134 valence electrons. The van der Waals surface area contributed by atoms with Gasteiger partial charge in [-0.05, 0) is 31.2 Å². The van der Waals surface area contributed by atoms with E-state index in [1.807, 2.05) is 13.0 Å². The number of anilines is 3. The molecule has 1 aliphatic rings. The van der Waals surface area contributed by atoms with Gasteiger partial charge in [0.1, 0.15) is 31.2 Å². The zero-order valence-corrected chi connectivity index (χ0v) is 14.7. The van der Waals surface area contributed by atoms with Gasteiger partial charge in [-0.25, -0.2) is 14.4 Å². The topological polar surface area (TPSA) is 68.3 Å². The first-order valence-corrected chi connectivity index (χ1v) is 8.58. The summed E-state index contributed by atoms with van der Waals surface area (Å²) in [7, 11) is 0. The predicted molar refractivity (Wildman–Crippen MR) is 99.4 cm³/mol. The van der Waals surface area contributed by atoms with Crippen LogP contribution in [0.1, 0.15) is 6.92 Å². The summed E-state index contributed by atoms with van der Waals surface area (Å²) in [6, 6.07) is 6.29. The number of nitrogens with zero attached hydrogens (tertiary/aromatic N) is 2.